The smallest absolute Gasteiger partial charge is 0.411 e. The van der Waals surface area contributed by atoms with Gasteiger partial charge in [0.15, 0.2) is 8.32 Å². The van der Waals surface area contributed by atoms with Crippen LogP contribution in [0.1, 0.15) is 79.2 Å². The molecule has 178 valence electrons. The average molecular weight is 458 g/mol. The van der Waals surface area contributed by atoms with Crippen molar-refractivity contribution in [2.24, 2.45) is 0 Å². The lowest BCUT2D eigenvalue weighted by atomic mass is 9.81. The third-order valence-electron chi connectivity index (χ3n) is 7.75. The van der Waals surface area contributed by atoms with E-state index in [1.54, 1.807) is 0 Å². The molecule has 1 aromatic carbocycles. The minimum Gasteiger partial charge on any atom is -0.444 e. The maximum atomic E-state index is 13.5. The molecule has 0 aliphatic carbocycles. The maximum Gasteiger partial charge on any atom is 0.411 e. The molecule has 0 aromatic heterocycles. The topological polar surface area (TPSA) is 38.8 Å². The molecule has 0 unspecified atom stereocenters. The van der Waals surface area contributed by atoms with E-state index in [4.69, 9.17) is 9.16 Å². The number of nitrogens with zero attached hydrogens (tertiary/aromatic N) is 1. The van der Waals surface area contributed by atoms with Gasteiger partial charge in [0.25, 0.3) is 0 Å². The highest BCUT2D eigenvalue weighted by Crippen LogP contribution is 2.56. The van der Waals surface area contributed by atoms with E-state index in [1.165, 1.54) is 5.56 Å². The van der Waals surface area contributed by atoms with Crippen LogP contribution >= 0.6 is 0 Å². The Labute approximate surface area is 196 Å². The number of carbonyl (C=O) groups is 1. The monoisotopic (exact) mass is 457 g/mol. The van der Waals surface area contributed by atoms with Gasteiger partial charge in [-0.25, -0.2) is 4.79 Å². The number of hydrogen-bond acceptors (Lipinski definition) is 3. The molecule has 0 radical (unpaired) electrons. The molecule has 3 rings (SSSR count). The molecule has 2 saturated heterocycles. The van der Waals surface area contributed by atoms with Gasteiger partial charge < -0.3 is 9.16 Å². The normalized spacial score (nSPS) is 26.2. The van der Waals surface area contributed by atoms with Crippen molar-refractivity contribution in [3.05, 3.63) is 42.0 Å². The van der Waals surface area contributed by atoms with Gasteiger partial charge in [0.1, 0.15) is 5.60 Å². The van der Waals surface area contributed by atoms with Crippen LogP contribution in [-0.4, -0.2) is 42.6 Å². The van der Waals surface area contributed by atoms with Crippen molar-refractivity contribution in [2.45, 2.75) is 108 Å². The molecule has 4 nitrogen and oxygen atoms in total. The number of benzene rings is 1. The summed E-state index contributed by atoms with van der Waals surface area (Å²) in [5, 5.41) is 0.146. The van der Waals surface area contributed by atoms with Crippen LogP contribution in [0.15, 0.2) is 36.4 Å². The molecule has 2 heterocycles. The summed E-state index contributed by atoms with van der Waals surface area (Å²) in [5.74, 6) is 0. The molecule has 2 aliphatic heterocycles. The minimum absolute atomic E-state index is 0.146. The summed E-state index contributed by atoms with van der Waals surface area (Å²) in [6.45, 7) is 17.9. The number of carbonyl (C=O) groups excluding carboxylic acids is 1. The average Bonchev–Trinajstić information content (AvgIpc) is 3.16. The molecular weight excluding hydrogens is 414 g/mol. The zero-order valence-corrected chi connectivity index (χ0v) is 22.5. The van der Waals surface area contributed by atoms with Crippen LogP contribution in [0, 0.1) is 0 Å². The molecule has 1 aromatic rings. The lowest BCUT2D eigenvalue weighted by Crippen LogP contribution is -2.56. The summed E-state index contributed by atoms with van der Waals surface area (Å²) in [7, 11) is -1.91. The number of fused-ring (bicyclic) bond motifs is 2. The summed E-state index contributed by atoms with van der Waals surface area (Å²) in [6, 6.07) is 10.4. The SMILES string of the molecule is CC(C)(C)OC(=O)N1C2(C/C=C/c3ccccc3)CCC1(CO[Si](C)(C)C(C)(C)C)CC2. The predicted octanol–water partition coefficient (Wildman–Crippen LogP) is 7.41. The van der Waals surface area contributed by atoms with Crippen molar-refractivity contribution in [1.29, 1.82) is 0 Å². The first-order chi connectivity index (χ1) is 14.7. The minimum atomic E-state index is -1.91. The zero-order chi connectivity index (χ0) is 23.8. The van der Waals surface area contributed by atoms with Crippen molar-refractivity contribution in [3.63, 3.8) is 0 Å². The fourth-order valence-corrected chi connectivity index (χ4v) is 5.90. The van der Waals surface area contributed by atoms with E-state index in [1.807, 2.05) is 26.8 Å². The standard InChI is InChI=1S/C27H43NO3Si/c1-24(2,3)31-23(29)28-26(16-12-15-22-13-10-9-11-14-22)17-19-27(28,20-18-26)21-30-32(7,8)25(4,5)6/h9-15H,16-21H2,1-8H3/b15-12+. The molecule has 0 spiro atoms. The van der Waals surface area contributed by atoms with Gasteiger partial charge in [-0.3, -0.25) is 4.90 Å². The first kappa shape index (κ1) is 25.0. The molecule has 32 heavy (non-hydrogen) atoms. The van der Waals surface area contributed by atoms with Gasteiger partial charge in [-0.05, 0) is 76.6 Å². The molecule has 0 atom stereocenters. The van der Waals surface area contributed by atoms with Gasteiger partial charge in [-0.15, -0.1) is 0 Å². The Kier molecular flexibility index (Phi) is 6.76. The Morgan fingerprint density at radius 2 is 1.56 bits per heavy atom. The third-order valence-corrected chi connectivity index (χ3v) is 12.2. The highest BCUT2D eigenvalue weighted by atomic mass is 28.4. The van der Waals surface area contributed by atoms with E-state index in [0.29, 0.717) is 6.61 Å². The highest BCUT2D eigenvalue weighted by molar-refractivity contribution is 6.74. The molecule has 2 bridgehead atoms. The molecule has 2 aliphatic rings. The Morgan fingerprint density at radius 3 is 2.09 bits per heavy atom. The van der Waals surface area contributed by atoms with E-state index >= 15 is 0 Å². The second-order valence-electron chi connectivity index (χ2n) is 12.3. The van der Waals surface area contributed by atoms with E-state index in [9.17, 15) is 4.79 Å². The van der Waals surface area contributed by atoms with Gasteiger partial charge in [0.05, 0.1) is 17.7 Å². The Bertz CT molecular complexity index is 825. The van der Waals surface area contributed by atoms with E-state index < -0.39 is 13.9 Å². The van der Waals surface area contributed by atoms with Gasteiger partial charge in [0, 0.05) is 0 Å². The lowest BCUT2D eigenvalue weighted by Gasteiger charge is -2.43. The number of rotatable bonds is 6. The van der Waals surface area contributed by atoms with Crippen molar-refractivity contribution < 1.29 is 14.0 Å². The Balaban J connectivity index is 1.85. The molecular formula is C27H43NO3Si. The van der Waals surface area contributed by atoms with Crippen LogP contribution in [0.25, 0.3) is 6.08 Å². The quantitative estimate of drug-likeness (QED) is 0.417. The summed E-state index contributed by atoms with van der Waals surface area (Å²) >= 11 is 0. The largest absolute Gasteiger partial charge is 0.444 e. The van der Waals surface area contributed by atoms with Crippen molar-refractivity contribution in [3.8, 4) is 0 Å². The Hall–Kier alpha value is -1.59. The first-order valence-corrected chi connectivity index (χ1v) is 15.0. The first-order valence-electron chi connectivity index (χ1n) is 12.1. The van der Waals surface area contributed by atoms with Crippen molar-refractivity contribution >= 4 is 20.5 Å². The van der Waals surface area contributed by atoms with Crippen molar-refractivity contribution in [2.75, 3.05) is 6.61 Å². The molecule has 0 N–H and O–H groups in total. The van der Waals surface area contributed by atoms with Crippen molar-refractivity contribution in [1.82, 2.24) is 4.90 Å². The third kappa shape index (κ3) is 5.14. The van der Waals surface area contributed by atoms with E-state index in [0.717, 1.165) is 32.1 Å². The zero-order valence-electron chi connectivity index (χ0n) is 21.5. The van der Waals surface area contributed by atoms with Crippen LogP contribution in [0.4, 0.5) is 4.79 Å². The van der Waals surface area contributed by atoms with E-state index in [2.05, 4.69) is 75.2 Å². The van der Waals surface area contributed by atoms with Crippen LogP contribution < -0.4 is 0 Å². The van der Waals surface area contributed by atoms with Crippen LogP contribution in [0.5, 0.6) is 0 Å². The number of hydrogen-bond donors (Lipinski definition) is 0. The molecule has 1 amide bonds. The maximum absolute atomic E-state index is 13.5. The Morgan fingerprint density at radius 1 is 1.00 bits per heavy atom. The second-order valence-corrected chi connectivity index (χ2v) is 17.1. The van der Waals surface area contributed by atoms with Gasteiger partial charge >= 0.3 is 6.09 Å². The second kappa shape index (κ2) is 8.64. The van der Waals surface area contributed by atoms with Crippen LogP contribution in [0.3, 0.4) is 0 Å². The number of amides is 1. The summed E-state index contributed by atoms with van der Waals surface area (Å²) in [5.41, 5.74) is 0.251. The summed E-state index contributed by atoms with van der Waals surface area (Å²) in [4.78, 5) is 15.6. The lowest BCUT2D eigenvalue weighted by molar-refractivity contribution is -0.0124. The summed E-state index contributed by atoms with van der Waals surface area (Å²) < 4.78 is 12.6. The fraction of sp³-hybridized carbons (Fsp3) is 0.667. The van der Waals surface area contributed by atoms with E-state index in [-0.39, 0.29) is 22.2 Å². The fourth-order valence-electron chi connectivity index (χ4n) is 4.84. The molecule has 2 fully saturated rings. The van der Waals surface area contributed by atoms with Gasteiger partial charge in [0.2, 0.25) is 0 Å². The van der Waals surface area contributed by atoms with Gasteiger partial charge in [-0.2, -0.15) is 0 Å². The van der Waals surface area contributed by atoms with Crippen LogP contribution in [0.2, 0.25) is 18.1 Å². The van der Waals surface area contributed by atoms with Gasteiger partial charge in [-0.1, -0.05) is 63.3 Å². The predicted molar refractivity (Wildman–Crippen MR) is 135 cm³/mol. The number of ether oxygens (including phenoxy) is 1. The summed E-state index contributed by atoms with van der Waals surface area (Å²) in [6.07, 6.45) is 9.07. The molecule has 0 saturated carbocycles. The van der Waals surface area contributed by atoms with Crippen LogP contribution in [-0.2, 0) is 9.16 Å². The highest BCUT2D eigenvalue weighted by Gasteiger charge is 2.63. The molecule has 5 heteroatoms.